The van der Waals surface area contributed by atoms with Crippen LogP contribution in [0.3, 0.4) is 0 Å². The standard InChI is InChI=1S/C59H84N10O15/c1-8-34(6)49-54(78)62-42(22-36-14-16-37(71)17-15-36)51(75)63-43(29-70)55(79)68-27-38(72)23-46(68)58(82)69-28-39(73)24-47(69)57(81)67-26-33(5)20-48(67)59(83)84-30-44(64-50(74)40(60-7)21-35-12-10-9-11-13-35)56(80)66-25-32(4)19-45(66)53(77)61-41(18-31(2)3)52(76)65-49/h9-17,31-34,38-49,60,70-73H,8,18-30H2,1-7H3,(H,61,77)(H,62,78)(H,63,75)(H,64,74)(H,65,76). The van der Waals surface area contributed by atoms with Crippen LogP contribution in [-0.4, -0.2) is 218 Å². The zero-order chi connectivity index (χ0) is 61.3. The third-order valence-electron chi connectivity index (χ3n) is 16.7. The molecule has 0 aliphatic carbocycles. The van der Waals surface area contributed by atoms with Crippen LogP contribution in [0.2, 0.25) is 0 Å². The average Bonchev–Trinajstić information content (AvgIpc) is 4.44. The molecule has 7 rings (SSSR count). The Bertz CT molecular complexity index is 2720. The first-order valence-corrected chi connectivity index (χ1v) is 29.3. The second-order valence-corrected chi connectivity index (χ2v) is 23.9. The Balaban J connectivity index is 1.27. The fourth-order valence-corrected chi connectivity index (χ4v) is 12.0. The second-order valence-electron chi connectivity index (χ2n) is 23.9. The van der Waals surface area contributed by atoms with Gasteiger partial charge in [0.05, 0.1) is 24.9 Å². The Hall–Kier alpha value is -7.22. The van der Waals surface area contributed by atoms with Crippen molar-refractivity contribution in [3.8, 4) is 5.75 Å². The Morgan fingerprint density at radius 1 is 0.631 bits per heavy atom. The number of rotatable bonds is 12. The minimum Gasteiger partial charge on any atom is -0.508 e. The van der Waals surface area contributed by atoms with Crippen molar-refractivity contribution in [1.82, 2.24) is 51.5 Å². The third kappa shape index (κ3) is 15.6. The lowest BCUT2D eigenvalue weighted by molar-refractivity contribution is -0.158. The van der Waals surface area contributed by atoms with E-state index in [1.807, 2.05) is 51.1 Å². The maximum absolute atomic E-state index is 15.1. The molecule has 5 fully saturated rings. The van der Waals surface area contributed by atoms with E-state index in [0.29, 0.717) is 12.0 Å². The molecular formula is C59H84N10O15. The molecule has 25 heteroatoms. The zero-order valence-corrected chi connectivity index (χ0v) is 48.9. The number of carbonyl (C=O) groups excluding carboxylic acids is 10. The maximum Gasteiger partial charge on any atom is 0.328 e. The molecule has 0 radical (unpaired) electrons. The highest BCUT2D eigenvalue weighted by Gasteiger charge is 2.51. The number of hydrogen-bond donors (Lipinski definition) is 10. The molecule has 5 heterocycles. The van der Waals surface area contributed by atoms with Crippen molar-refractivity contribution in [2.24, 2.45) is 23.7 Å². The maximum atomic E-state index is 15.1. The number of likely N-dealkylation sites (N-methyl/N-ethyl adjacent to an activating group) is 1. The molecule has 0 bridgehead atoms. The summed E-state index contributed by atoms with van der Waals surface area (Å²) in [6.45, 7) is 8.25. The summed E-state index contributed by atoms with van der Waals surface area (Å²) in [6, 6.07) is 1.24. The monoisotopic (exact) mass is 1170 g/mol. The van der Waals surface area contributed by atoms with Crippen molar-refractivity contribution in [2.75, 3.05) is 46.4 Å². The van der Waals surface area contributed by atoms with Crippen LogP contribution in [0.25, 0.3) is 0 Å². The number of aliphatic hydroxyl groups is 3. The number of aromatic hydroxyl groups is 1. The topological polar surface area (TPSA) is 346 Å². The number of phenolic OH excluding ortho intramolecular Hbond substituents is 1. The summed E-state index contributed by atoms with van der Waals surface area (Å²) in [4.78, 5) is 151. The number of esters is 1. The number of hydrogen-bond acceptors (Lipinski definition) is 16. The van der Waals surface area contributed by atoms with Gasteiger partial charge in [-0.3, -0.25) is 43.2 Å². The van der Waals surface area contributed by atoms with Gasteiger partial charge in [-0.2, -0.15) is 0 Å². The van der Waals surface area contributed by atoms with Gasteiger partial charge >= 0.3 is 5.97 Å². The van der Waals surface area contributed by atoms with Crippen LogP contribution in [0.15, 0.2) is 54.6 Å². The van der Waals surface area contributed by atoms with E-state index in [1.165, 1.54) is 34.1 Å². The van der Waals surface area contributed by atoms with Gasteiger partial charge in [-0.1, -0.05) is 90.4 Å². The largest absolute Gasteiger partial charge is 0.508 e. The van der Waals surface area contributed by atoms with Crippen LogP contribution >= 0.6 is 0 Å². The molecule has 460 valence electrons. The van der Waals surface area contributed by atoms with E-state index in [-0.39, 0.29) is 88.1 Å². The summed E-state index contributed by atoms with van der Waals surface area (Å²) >= 11 is 0. The first-order valence-electron chi connectivity index (χ1n) is 29.3. The molecule has 0 spiro atoms. The highest BCUT2D eigenvalue weighted by molar-refractivity contribution is 5.99. The molecule has 2 aromatic rings. The van der Waals surface area contributed by atoms with Crippen molar-refractivity contribution in [1.29, 1.82) is 0 Å². The molecule has 5 aliphatic heterocycles. The first kappa shape index (κ1) is 64.3. The second kappa shape index (κ2) is 28.6. The molecule has 5 aliphatic rings. The number of fused-ring (bicyclic) bond motifs is 4. The van der Waals surface area contributed by atoms with Crippen molar-refractivity contribution >= 4 is 59.1 Å². The van der Waals surface area contributed by atoms with Gasteiger partial charge < -0.3 is 76.7 Å². The predicted molar refractivity (Wildman–Crippen MR) is 302 cm³/mol. The minimum absolute atomic E-state index is 0.0189. The minimum atomic E-state index is -1.75. The Kier molecular flexibility index (Phi) is 21.9. The zero-order valence-electron chi connectivity index (χ0n) is 48.9. The number of aliphatic hydroxyl groups excluding tert-OH is 3. The number of phenols is 1. The number of nitrogens with zero attached hydrogens (tertiary/aromatic N) is 4. The summed E-state index contributed by atoms with van der Waals surface area (Å²) in [5.41, 5.74) is 1.25. The molecule has 0 aromatic heterocycles. The fraction of sp³-hybridized carbons (Fsp3) is 0.627. The van der Waals surface area contributed by atoms with Crippen LogP contribution in [0.4, 0.5) is 0 Å². The molecule has 2 aromatic carbocycles. The van der Waals surface area contributed by atoms with Gasteiger partial charge in [-0.15, -0.1) is 0 Å². The van der Waals surface area contributed by atoms with Gasteiger partial charge in [0.25, 0.3) is 0 Å². The van der Waals surface area contributed by atoms with Gasteiger partial charge in [0.1, 0.15) is 66.7 Å². The molecule has 5 saturated heterocycles. The highest BCUT2D eigenvalue weighted by atomic mass is 16.5. The Labute approximate surface area is 489 Å². The Morgan fingerprint density at radius 2 is 1.17 bits per heavy atom. The molecule has 84 heavy (non-hydrogen) atoms. The van der Waals surface area contributed by atoms with E-state index in [0.717, 1.165) is 15.4 Å². The smallest absolute Gasteiger partial charge is 0.328 e. The van der Waals surface area contributed by atoms with E-state index >= 15 is 4.79 Å². The van der Waals surface area contributed by atoms with E-state index in [4.69, 9.17) is 4.74 Å². The van der Waals surface area contributed by atoms with Crippen molar-refractivity contribution in [2.45, 2.75) is 166 Å². The van der Waals surface area contributed by atoms with Gasteiger partial charge in [0.2, 0.25) is 53.2 Å². The molecule has 25 nitrogen and oxygen atoms in total. The van der Waals surface area contributed by atoms with E-state index in [2.05, 4.69) is 31.9 Å². The molecule has 15 unspecified atom stereocenters. The van der Waals surface area contributed by atoms with Crippen LogP contribution in [0.5, 0.6) is 5.75 Å². The summed E-state index contributed by atoms with van der Waals surface area (Å²) < 4.78 is 5.91. The van der Waals surface area contributed by atoms with E-state index in [1.54, 1.807) is 27.8 Å². The van der Waals surface area contributed by atoms with Crippen molar-refractivity contribution in [3.05, 3.63) is 65.7 Å². The van der Waals surface area contributed by atoms with Gasteiger partial charge in [-0.05, 0) is 79.7 Å². The van der Waals surface area contributed by atoms with Crippen LogP contribution in [-0.2, 0) is 65.5 Å². The van der Waals surface area contributed by atoms with Gasteiger partial charge in [0, 0.05) is 45.4 Å². The number of amides is 9. The van der Waals surface area contributed by atoms with E-state index in [9.17, 15) is 63.6 Å². The molecule has 9 amide bonds. The molecule has 10 N–H and O–H groups in total. The lowest BCUT2D eigenvalue weighted by Crippen LogP contribution is -2.62. The summed E-state index contributed by atoms with van der Waals surface area (Å²) in [5.74, 6) is -9.60. The van der Waals surface area contributed by atoms with E-state index < -0.39 is 157 Å². The number of benzene rings is 2. The highest BCUT2D eigenvalue weighted by Crippen LogP contribution is 2.32. The fourth-order valence-electron chi connectivity index (χ4n) is 12.0. The van der Waals surface area contributed by atoms with Crippen LogP contribution in [0.1, 0.15) is 91.2 Å². The number of ether oxygens (including phenoxy) is 1. The van der Waals surface area contributed by atoms with Crippen LogP contribution in [0, 0.1) is 23.7 Å². The molecule has 0 saturated carbocycles. The van der Waals surface area contributed by atoms with Crippen molar-refractivity contribution in [3.63, 3.8) is 0 Å². The number of carbonyl (C=O) groups is 10. The normalized spacial score (nSPS) is 30.7. The lowest BCUT2D eigenvalue weighted by atomic mass is 9.95. The first-order chi connectivity index (χ1) is 39.9. The summed E-state index contributed by atoms with van der Waals surface area (Å²) in [7, 11) is 1.57. The summed E-state index contributed by atoms with van der Waals surface area (Å²) in [6.07, 6.45) is -2.47. The van der Waals surface area contributed by atoms with Crippen molar-refractivity contribution < 1.29 is 73.1 Å². The molecule has 15 atom stereocenters. The summed E-state index contributed by atoms with van der Waals surface area (Å²) in [5, 5.41) is 59.5. The Morgan fingerprint density at radius 3 is 1.74 bits per heavy atom. The average molecular weight is 1170 g/mol. The van der Waals surface area contributed by atoms with Gasteiger partial charge in [0.15, 0.2) is 0 Å². The van der Waals surface area contributed by atoms with Crippen LogP contribution < -0.4 is 31.9 Å². The third-order valence-corrected chi connectivity index (χ3v) is 16.7. The SMILES string of the molecule is CCC(C)C1NC(=O)C(CC(C)C)NC(=O)C2CC(C)CN2C(=O)C(NC(=O)C(Cc2ccccc2)NC)COC(=O)C2CC(C)CN2C(=O)C2CC(O)CN2C(=O)C2CC(O)CN2C(=O)C(CO)NC(=O)C(Cc2ccc(O)cc2)NC1=O. The molecular weight excluding hydrogens is 1090 g/mol. The lowest BCUT2D eigenvalue weighted by Gasteiger charge is -2.34. The van der Waals surface area contributed by atoms with Gasteiger partial charge in [-0.25, -0.2) is 4.79 Å². The quantitative estimate of drug-likeness (QED) is 0.105. The predicted octanol–water partition coefficient (Wildman–Crippen LogP) is -1.77. The number of cyclic esters (lactones) is 1. The number of nitrogens with one attached hydrogen (secondary N) is 6.